The van der Waals surface area contributed by atoms with Crippen molar-refractivity contribution in [3.8, 4) is 0 Å². The molecule has 0 amide bonds. The number of hydrogen-bond acceptors (Lipinski definition) is 2. The molecule has 2 nitrogen and oxygen atoms in total. The van der Waals surface area contributed by atoms with Crippen LogP contribution in [0.15, 0.2) is 18.2 Å². The third kappa shape index (κ3) is 4.47. The predicted molar refractivity (Wildman–Crippen MR) is 93.0 cm³/mol. The van der Waals surface area contributed by atoms with E-state index in [9.17, 15) is 0 Å². The second kappa shape index (κ2) is 7.84. The van der Waals surface area contributed by atoms with Gasteiger partial charge in [0.15, 0.2) is 0 Å². The Morgan fingerprint density at radius 2 is 2.05 bits per heavy atom. The normalized spacial score (nSPS) is 21.1. The fraction of sp³-hybridized carbons (Fsp3) is 0.684. The van der Waals surface area contributed by atoms with Crippen LogP contribution in [0, 0.1) is 12.8 Å². The smallest absolute Gasteiger partial charge is 0.0396 e. The van der Waals surface area contributed by atoms with E-state index in [0.717, 1.165) is 18.8 Å². The van der Waals surface area contributed by atoms with E-state index in [0.29, 0.717) is 6.04 Å². The minimum Gasteiger partial charge on any atom is -0.371 e. The Morgan fingerprint density at radius 3 is 2.71 bits per heavy atom. The molecule has 1 aromatic rings. The van der Waals surface area contributed by atoms with Gasteiger partial charge in [0.05, 0.1) is 0 Å². The summed E-state index contributed by atoms with van der Waals surface area (Å²) in [6.07, 6.45) is 7.45. The molecule has 1 fully saturated rings. The topological polar surface area (TPSA) is 29.3 Å². The Labute approximate surface area is 130 Å². The molecule has 0 saturated carbocycles. The summed E-state index contributed by atoms with van der Waals surface area (Å²) in [6.45, 7) is 9.17. The molecule has 118 valence electrons. The quantitative estimate of drug-likeness (QED) is 0.875. The molecule has 2 N–H and O–H groups in total. The summed E-state index contributed by atoms with van der Waals surface area (Å²) in [5.41, 5.74) is 10.3. The van der Waals surface area contributed by atoms with Gasteiger partial charge in [0.25, 0.3) is 0 Å². The summed E-state index contributed by atoms with van der Waals surface area (Å²) in [5.74, 6) is 0.928. The lowest BCUT2D eigenvalue weighted by Crippen LogP contribution is -2.25. The van der Waals surface area contributed by atoms with Crippen molar-refractivity contribution in [3.63, 3.8) is 0 Å². The van der Waals surface area contributed by atoms with Gasteiger partial charge in [-0.25, -0.2) is 0 Å². The number of nitrogens with zero attached hydrogens (tertiary/aromatic N) is 1. The molecule has 21 heavy (non-hydrogen) atoms. The first-order valence-electron chi connectivity index (χ1n) is 8.74. The molecule has 2 rings (SSSR count). The fourth-order valence-electron chi connectivity index (χ4n) is 3.46. The second-order valence-corrected chi connectivity index (χ2v) is 6.69. The lowest BCUT2D eigenvalue weighted by Gasteiger charge is -2.25. The van der Waals surface area contributed by atoms with Gasteiger partial charge in [-0.15, -0.1) is 0 Å². The van der Waals surface area contributed by atoms with Crippen molar-refractivity contribution in [1.82, 2.24) is 0 Å². The maximum atomic E-state index is 6.08. The van der Waals surface area contributed by atoms with Crippen LogP contribution in [-0.2, 0) is 6.42 Å². The first-order valence-corrected chi connectivity index (χ1v) is 8.74. The van der Waals surface area contributed by atoms with E-state index >= 15 is 0 Å². The highest BCUT2D eigenvalue weighted by Crippen LogP contribution is 2.27. The van der Waals surface area contributed by atoms with Crippen LogP contribution >= 0.6 is 0 Å². The highest BCUT2D eigenvalue weighted by molar-refractivity contribution is 5.54. The molecule has 0 aromatic heterocycles. The zero-order valence-corrected chi connectivity index (χ0v) is 14.1. The largest absolute Gasteiger partial charge is 0.371 e. The monoisotopic (exact) mass is 288 g/mol. The van der Waals surface area contributed by atoms with Crippen molar-refractivity contribution in [3.05, 3.63) is 29.3 Å². The Hall–Kier alpha value is -1.02. The first-order chi connectivity index (χ1) is 10.1. The number of hydrogen-bond donors (Lipinski definition) is 1. The van der Waals surface area contributed by atoms with Crippen LogP contribution in [0.2, 0.25) is 0 Å². The molecular formula is C19H32N2. The van der Waals surface area contributed by atoms with Gasteiger partial charge in [-0.05, 0) is 62.1 Å². The van der Waals surface area contributed by atoms with Crippen molar-refractivity contribution in [2.45, 2.75) is 65.3 Å². The standard InChI is InChI=1S/C19H32N2/c1-4-16-7-6-11-21(12-10-16)19-9-8-17(13-15(19)3)14-18(20)5-2/h8-9,13,16,18H,4-7,10-12,14,20H2,1-3H3. The van der Waals surface area contributed by atoms with Crippen molar-refractivity contribution < 1.29 is 0 Å². The van der Waals surface area contributed by atoms with Crippen LogP contribution in [0.4, 0.5) is 5.69 Å². The third-order valence-electron chi connectivity index (χ3n) is 5.05. The van der Waals surface area contributed by atoms with E-state index in [4.69, 9.17) is 5.73 Å². The van der Waals surface area contributed by atoms with Gasteiger partial charge in [0, 0.05) is 24.8 Å². The lowest BCUT2D eigenvalue weighted by atomic mass is 9.98. The number of rotatable bonds is 5. The summed E-state index contributed by atoms with van der Waals surface area (Å²) in [7, 11) is 0. The van der Waals surface area contributed by atoms with Crippen LogP contribution in [-0.4, -0.2) is 19.1 Å². The SMILES string of the molecule is CCC(N)Cc1ccc(N2CCCC(CC)CC2)c(C)c1. The van der Waals surface area contributed by atoms with Crippen molar-refractivity contribution in [1.29, 1.82) is 0 Å². The summed E-state index contributed by atoms with van der Waals surface area (Å²) in [6, 6.07) is 7.23. The van der Waals surface area contributed by atoms with E-state index < -0.39 is 0 Å². The minimum atomic E-state index is 0.291. The number of nitrogens with two attached hydrogens (primary N) is 1. The molecule has 2 atom stereocenters. The Balaban J connectivity index is 2.06. The van der Waals surface area contributed by atoms with Crippen LogP contribution < -0.4 is 10.6 Å². The minimum absolute atomic E-state index is 0.291. The van der Waals surface area contributed by atoms with Gasteiger partial charge in [-0.1, -0.05) is 32.4 Å². The predicted octanol–water partition coefficient (Wildman–Crippen LogP) is 4.29. The van der Waals surface area contributed by atoms with Crippen molar-refractivity contribution >= 4 is 5.69 Å². The average Bonchev–Trinajstić information content (AvgIpc) is 2.72. The maximum absolute atomic E-state index is 6.08. The molecule has 1 aromatic carbocycles. The second-order valence-electron chi connectivity index (χ2n) is 6.69. The summed E-state index contributed by atoms with van der Waals surface area (Å²) < 4.78 is 0. The van der Waals surface area contributed by atoms with E-state index in [1.54, 1.807) is 0 Å². The zero-order valence-electron chi connectivity index (χ0n) is 14.1. The van der Waals surface area contributed by atoms with Crippen LogP contribution in [0.1, 0.15) is 57.1 Å². The van der Waals surface area contributed by atoms with E-state index in [1.807, 2.05) is 0 Å². The fourth-order valence-corrected chi connectivity index (χ4v) is 3.46. The number of anilines is 1. The molecule has 0 aliphatic carbocycles. The van der Waals surface area contributed by atoms with Crippen LogP contribution in [0.25, 0.3) is 0 Å². The summed E-state index contributed by atoms with van der Waals surface area (Å²) in [4.78, 5) is 2.59. The summed E-state index contributed by atoms with van der Waals surface area (Å²) >= 11 is 0. The number of benzene rings is 1. The van der Waals surface area contributed by atoms with Crippen molar-refractivity contribution in [2.75, 3.05) is 18.0 Å². The zero-order chi connectivity index (χ0) is 15.2. The van der Waals surface area contributed by atoms with E-state index in [1.165, 1.54) is 55.6 Å². The Morgan fingerprint density at radius 1 is 1.24 bits per heavy atom. The van der Waals surface area contributed by atoms with Gasteiger partial charge < -0.3 is 10.6 Å². The number of aryl methyl sites for hydroxylation is 1. The molecule has 0 spiro atoms. The van der Waals surface area contributed by atoms with Crippen LogP contribution in [0.5, 0.6) is 0 Å². The Bertz CT molecular complexity index is 441. The first kappa shape index (κ1) is 16.4. The molecule has 1 saturated heterocycles. The highest BCUT2D eigenvalue weighted by Gasteiger charge is 2.17. The lowest BCUT2D eigenvalue weighted by molar-refractivity contribution is 0.459. The van der Waals surface area contributed by atoms with E-state index in [-0.39, 0.29) is 0 Å². The molecule has 0 bridgehead atoms. The van der Waals surface area contributed by atoms with Gasteiger partial charge in [-0.3, -0.25) is 0 Å². The Kier molecular flexibility index (Phi) is 6.10. The van der Waals surface area contributed by atoms with Crippen molar-refractivity contribution in [2.24, 2.45) is 11.7 Å². The van der Waals surface area contributed by atoms with Gasteiger partial charge >= 0.3 is 0 Å². The van der Waals surface area contributed by atoms with Gasteiger partial charge in [0.2, 0.25) is 0 Å². The molecule has 2 unspecified atom stereocenters. The maximum Gasteiger partial charge on any atom is 0.0396 e. The van der Waals surface area contributed by atoms with Crippen LogP contribution in [0.3, 0.4) is 0 Å². The molecule has 1 aliphatic heterocycles. The van der Waals surface area contributed by atoms with E-state index in [2.05, 4.69) is 43.9 Å². The molecule has 1 heterocycles. The summed E-state index contributed by atoms with van der Waals surface area (Å²) in [5, 5.41) is 0. The molecular weight excluding hydrogens is 256 g/mol. The van der Waals surface area contributed by atoms with Gasteiger partial charge in [-0.2, -0.15) is 0 Å². The highest BCUT2D eigenvalue weighted by atomic mass is 15.1. The molecule has 0 radical (unpaired) electrons. The average molecular weight is 288 g/mol. The molecule has 1 aliphatic rings. The molecule has 2 heteroatoms. The van der Waals surface area contributed by atoms with Gasteiger partial charge in [0.1, 0.15) is 0 Å². The third-order valence-corrected chi connectivity index (χ3v) is 5.05.